The van der Waals surface area contributed by atoms with Crippen LogP contribution in [0.3, 0.4) is 0 Å². The Kier molecular flexibility index (Phi) is 4.75. The van der Waals surface area contributed by atoms with Crippen LogP contribution in [-0.2, 0) is 0 Å². The molecular weight excluding hydrogens is 436 g/mol. The van der Waals surface area contributed by atoms with Crippen molar-refractivity contribution in [2.24, 2.45) is 0 Å². The molecule has 0 aliphatic heterocycles. The Hall–Kier alpha value is -4.70. The number of fused-ring (bicyclic) bond motifs is 3. The molecule has 0 bridgehead atoms. The van der Waals surface area contributed by atoms with E-state index in [0.717, 1.165) is 27.5 Å². The summed E-state index contributed by atoms with van der Waals surface area (Å²) < 4.78 is 0. The first-order chi connectivity index (χ1) is 17.0. The average Bonchev–Trinajstić information content (AvgIpc) is 2.89. The highest BCUT2D eigenvalue weighted by atomic mass is 16.3. The predicted molar refractivity (Wildman–Crippen MR) is 139 cm³/mol. The highest BCUT2D eigenvalue weighted by molar-refractivity contribution is 6.00. The van der Waals surface area contributed by atoms with Gasteiger partial charge in [0, 0.05) is 27.5 Å². The van der Waals surface area contributed by atoms with Gasteiger partial charge in [0.25, 0.3) is 0 Å². The zero-order chi connectivity index (χ0) is 24.1. The van der Waals surface area contributed by atoms with Crippen LogP contribution in [0.5, 0.6) is 23.0 Å². The van der Waals surface area contributed by atoms with Crippen LogP contribution in [0.4, 0.5) is 0 Å². The summed E-state index contributed by atoms with van der Waals surface area (Å²) in [6.07, 6.45) is 0. The van der Waals surface area contributed by atoms with Crippen molar-refractivity contribution < 1.29 is 20.4 Å². The van der Waals surface area contributed by atoms with Crippen LogP contribution in [0, 0.1) is 0 Å². The molecule has 170 valence electrons. The molecule has 0 radical (unpaired) electrons. The number of hydrogen-bond donors (Lipinski definition) is 4. The van der Waals surface area contributed by atoms with E-state index in [9.17, 15) is 20.4 Å². The van der Waals surface area contributed by atoms with E-state index in [1.54, 1.807) is 12.1 Å². The lowest BCUT2D eigenvalue weighted by Gasteiger charge is -2.25. The number of phenolic OH excluding ortho intramolecular Hbond substituents is 4. The first kappa shape index (κ1) is 20.9. The number of benzene rings is 6. The second kappa shape index (κ2) is 7.96. The quantitative estimate of drug-likeness (QED) is 0.168. The fraction of sp³-hybridized carbons (Fsp3) is 0.0323. The number of phenols is 4. The van der Waals surface area contributed by atoms with E-state index < -0.39 is 5.92 Å². The maximum Gasteiger partial charge on any atom is 0.123 e. The first-order valence-electron chi connectivity index (χ1n) is 11.4. The van der Waals surface area contributed by atoms with E-state index in [1.165, 1.54) is 24.3 Å². The Labute approximate surface area is 201 Å². The topological polar surface area (TPSA) is 80.9 Å². The molecule has 0 aliphatic carbocycles. The van der Waals surface area contributed by atoms with Gasteiger partial charge in [-0.2, -0.15) is 0 Å². The van der Waals surface area contributed by atoms with Gasteiger partial charge in [-0.15, -0.1) is 0 Å². The molecule has 6 rings (SSSR count). The van der Waals surface area contributed by atoms with Crippen molar-refractivity contribution in [2.75, 3.05) is 0 Å². The third-order valence-corrected chi connectivity index (χ3v) is 6.81. The van der Waals surface area contributed by atoms with Crippen LogP contribution in [0.15, 0.2) is 103 Å². The molecule has 0 fully saturated rings. The molecule has 0 spiro atoms. The summed E-state index contributed by atoms with van der Waals surface area (Å²) in [4.78, 5) is 0. The van der Waals surface area contributed by atoms with Crippen molar-refractivity contribution in [3.63, 3.8) is 0 Å². The molecule has 0 heterocycles. The number of rotatable bonds is 3. The molecule has 0 atom stereocenters. The van der Waals surface area contributed by atoms with E-state index in [1.807, 2.05) is 48.5 Å². The monoisotopic (exact) mass is 458 g/mol. The zero-order valence-corrected chi connectivity index (χ0v) is 18.7. The minimum absolute atomic E-state index is 0.0611. The Balaban J connectivity index is 1.80. The van der Waals surface area contributed by atoms with E-state index in [0.29, 0.717) is 21.5 Å². The van der Waals surface area contributed by atoms with Crippen molar-refractivity contribution in [2.45, 2.75) is 5.92 Å². The lowest BCUT2D eigenvalue weighted by Crippen LogP contribution is -2.06. The molecule has 0 aliphatic rings. The van der Waals surface area contributed by atoms with Gasteiger partial charge in [-0.25, -0.2) is 0 Å². The zero-order valence-electron chi connectivity index (χ0n) is 18.7. The van der Waals surface area contributed by atoms with Crippen molar-refractivity contribution in [1.29, 1.82) is 0 Å². The minimum Gasteiger partial charge on any atom is -0.507 e. The second-order valence-corrected chi connectivity index (χ2v) is 8.75. The molecule has 4 heteroatoms. The van der Waals surface area contributed by atoms with Crippen molar-refractivity contribution in [3.05, 3.63) is 120 Å². The van der Waals surface area contributed by atoms with E-state index in [-0.39, 0.29) is 23.0 Å². The van der Waals surface area contributed by atoms with Gasteiger partial charge in [0.1, 0.15) is 23.0 Å². The van der Waals surface area contributed by atoms with Gasteiger partial charge in [0.05, 0.1) is 0 Å². The van der Waals surface area contributed by atoms with Crippen molar-refractivity contribution >= 4 is 32.3 Å². The molecule has 6 aromatic rings. The smallest absolute Gasteiger partial charge is 0.123 e. The van der Waals surface area contributed by atoms with E-state index in [4.69, 9.17) is 0 Å². The van der Waals surface area contributed by atoms with Crippen LogP contribution < -0.4 is 0 Å². The third-order valence-electron chi connectivity index (χ3n) is 6.81. The van der Waals surface area contributed by atoms with Crippen molar-refractivity contribution in [3.8, 4) is 23.0 Å². The Morgan fingerprint density at radius 1 is 0.371 bits per heavy atom. The maximum atomic E-state index is 10.9. The lowest BCUT2D eigenvalue weighted by atomic mass is 9.79. The average molecular weight is 459 g/mol. The largest absolute Gasteiger partial charge is 0.507 e. The number of aromatic hydroxyl groups is 4. The van der Waals surface area contributed by atoms with Crippen LogP contribution in [-0.4, -0.2) is 20.4 Å². The van der Waals surface area contributed by atoms with E-state index >= 15 is 0 Å². The maximum absolute atomic E-state index is 10.9. The summed E-state index contributed by atoms with van der Waals surface area (Å²) in [7, 11) is 0. The van der Waals surface area contributed by atoms with Gasteiger partial charge in [0.2, 0.25) is 0 Å². The molecule has 0 aromatic heterocycles. The molecule has 0 saturated heterocycles. The minimum atomic E-state index is -0.422. The first-order valence-corrected chi connectivity index (χ1v) is 11.4. The van der Waals surface area contributed by atoms with Crippen molar-refractivity contribution in [1.82, 2.24) is 0 Å². The van der Waals surface area contributed by atoms with Crippen LogP contribution in [0.2, 0.25) is 0 Å². The van der Waals surface area contributed by atoms with Gasteiger partial charge >= 0.3 is 0 Å². The second-order valence-electron chi connectivity index (χ2n) is 8.75. The summed E-state index contributed by atoms with van der Waals surface area (Å²) in [6, 6.07) is 31.3. The van der Waals surface area contributed by atoms with Gasteiger partial charge < -0.3 is 20.4 Å². The normalized spacial score (nSPS) is 11.6. The van der Waals surface area contributed by atoms with Gasteiger partial charge in [-0.3, -0.25) is 0 Å². The van der Waals surface area contributed by atoms with Crippen LogP contribution in [0.25, 0.3) is 32.3 Å². The molecule has 0 saturated carbocycles. The molecule has 0 unspecified atom stereocenters. The summed E-state index contributed by atoms with van der Waals surface area (Å²) in [6.45, 7) is 0. The highest BCUT2D eigenvalue weighted by Crippen LogP contribution is 2.47. The third kappa shape index (κ3) is 3.22. The fourth-order valence-electron chi connectivity index (χ4n) is 5.29. The Morgan fingerprint density at radius 2 is 0.800 bits per heavy atom. The fourth-order valence-corrected chi connectivity index (χ4v) is 5.29. The van der Waals surface area contributed by atoms with Gasteiger partial charge in [0.15, 0.2) is 0 Å². The van der Waals surface area contributed by atoms with Gasteiger partial charge in [-0.05, 0) is 51.7 Å². The molecule has 0 amide bonds. The summed E-state index contributed by atoms with van der Waals surface area (Å²) in [5.74, 6) is -0.143. The van der Waals surface area contributed by atoms with Gasteiger partial charge in [-0.1, -0.05) is 78.9 Å². The standard InChI is InChI=1S/C31H22O4/c32-25-14-16-27(34)30-21(25)10-4-12-23(30)29(20-9-3-7-18-6-1-2-8-19(18)20)24-13-5-11-22-26(33)15-17-28(35)31(22)24/h1-17,29,32-35H. The summed E-state index contributed by atoms with van der Waals surface area (Å²) in [5.41, 5.74) is 2.54. The Bertz CT molecular complexity index is 1660. The summed E-state index contributed by atoms with van der Waals surface area (Å²) in [5, 5.41) is 47.3. The summed E-state index contributed by atoms with van der Waals surface area (Å²) >= 11 is 0. The van der Waals surface area contributed by atoms with Crippen LogP contribution >= 0.6 is 0 Å². The van der Waals surface area contributed by atoms with E-state index in [2.05, 4.69) is 18.2 Å². The Morgan fingerprint density at radius 3 is 1.40 bits per heavy atom. The lowest BCUT2D eigenvalue weighted by molar-refractivity contribution is 0.468. The molecule has 4 N–H and O–H groups in total. The molecular formula is C31H22O4. The SMILES string of the molecule is Oc1ccc(O)c2c(C(c3cccc4ccccc34)c3cccc4c(O)ccc(O)c34)cccc12. The highest BCUT2D eigenvalue weighted by Gasteiger charge is 2.26. The van der Waals surface area contributed by atoms with Crippen LogP contribution in [0.1, 0.15) is 22.6 Å². The number of hydrogen-bond acceptors (Lipinski definition) is 4. The molecule has 4 nitrogen and oxygen atoms in total. The molecule has 6 aromatic carbocycles. The molecule has 35 heavy (non-hydrogen) atoms. The predicted octanol–water partition coefficient (Wildman–Crippen LogP) is 7.15.